The summed E-state index contributed by atoms with van der Waals surface area (Å²) >= 11 is 0. The molecule has 4 rings (SSSR count). The lowest BCUT2D eigenvalue weighted by molar-refractivity contribution is -0.386. The number of likely N-dealkylation sites (tertiary alicyclic amines) is 1. The fraction of sp³-hybridized carbons (Fsp3) is 0.435. The van der Waals surface area contributed by atoms with Crippen LogP contribution in [0, 0.1) is 23.0 Å². The molecule has 0 spiro atoms. The quantitative estimate of drug-likeness (QED) is 0.537. The van der Waals surface area contributed by atoms with Crippen molar-refractivity contribution in [2.45, 2.75) is 32.9 Å². The van der Waals surface area contributed by atoms with Crippen LogP contribution in [-0.2, 0) is 6.61 Å². The molecule has 0 radical (unpaired) electrons. The van der Waals surface area contributed by atoms with Crippen LogP contribution in [-0.4, -0.2) is 42.3 Å². The average Bonchev–Trinajstić information content (AvgIpc) is 3.20. The zero-order valence-electron chi connectivity index (χ0n) is 18.1. The van der Waals surface area contributed by atoms with Crippen molar-refractivity contribution in [3.05, 3.63) is 63.2 Å². The summed E-state index contributed by atoms with van der Waals surface area (Å²) in [5.74, 6) is 0.697. The Kier molecular flexibility index (Phi) is 6.08. The van der Waals surface area contributed by atoms with Crippen LogP contribution in [0.2, 0.25) is 0 Å². The number of piperidine rings is 1. The molecule has 2 aromatic rings. The third-order valence-electron chi connectivity index (χ3n) is 6.06. The van der Waals surface area contributed by atoms with E-state index in [9.17, 15) is 10.1 Å². The maximum absolute atomic E-state index is 11.9. The van der Waals surface area contributed by atoms with Crippen molar-refractivity contribution in [1.82, 2.24) is 10.3 Å². The highest BCUT2D eigenvalue weighted by molar-refractivity contribution is 5.90. The molecule has 0 aliphatic carbocycles. The van der Waals surface area contributed by atoms with Gasteiger partial charge in [-0.1, -0.05) is 36.8 Å². The highest BCUT2D eigenvalue weighted by atomic mass is 16.6. The van der Waals surface area contributed by atoms with Gasteiger partial charge in [-0.05, 0) is 30.7 Å². The van der Waals surface area contributed by atoms with E-state index >= 15 is 0 Å². The Morgan fingerprint density at radius 1 is 1.32 bits per heavy atom. The minimum atomic E-state index is -0.409. The molecule has 1 N–H and O–H groups in total. The van der Waals surface area contributed by atoms with E-state index in [1.165, 1.54) is 7.11 Å². The van der Waals surface area contributed by atoms with Crippen molar-refractivity contribution in [2.75, 3.05) is 26.7 Å². The van der Waals surface area contributed by atoms with Gasteiger partial charge in [-0.2, -0.15) is 5.10 Å². The molecule has 1 fully saturated rings. The first-order valence-corrected chi connectivity index (χ1v) is 10.6. The molecule has 2 aliphatic rings. The normalized spacial score (nSPS) is 20.5. The average molecular weight is 425 g/mol. The van der Waals surface area contributed by atoms with Gasteiger partial charge in [0, 0.05) is 37.2 Å². The van der Waals surface area contributed by atoms with Gasteiger partial charge < -0.3 is 19.8 Å². The number of nitrogens with zero attached hydrogens (tertiary/aromatic N) is 3. The summed E-state index contributed by atoms with van der Waals surface area (Å²) < 4.78 is 11.4. The van der Waals surface area contributed by atoms with Crippen molar-refractivity contribution in [1.29, 1.82) is 0 Å². The maximum Gasteiger partial charge on any atom is 0.315 e. The van der Waals surface area contributed by atoms with Gasteiger partial charge in [0.05, 0.1) is 18.1 Å². The second-order valence-corrected chi connectivity index (χ2v) is 8.07. The summed E-state index contributed by atoms with van der Waals surface area (Å²) in [6.07, 6.45) is 0.916. The molecule has 2 atom stereocenters. The molecule has 0 saturated carbocycles. The highest BCUT2D eigenvalue weighted by Gasteiger charge is 2.38. The first kappa shape index (κ1) is 21.1. The molecule has 2 heterocycles. The number of hydrogen-bond acceptors (Lipinski definition) is 7. The van der Waals surface area contributed by atoms with E-state index in [0.29, 0.717) is 5.75 Å². The lowest BCUT2D eigenvalue weighted by atomic mass is 9.86. The van der Waals surface area contributed by atoms with Crippen LogP contribution < -0.4 is 14.9 Å². The van der Waals surface area contributed by atoms with Crippen LogP contribution in [0.3, 0.4) is 0 Å². The number of benzene rings is 2. The Bertz CT molecular complexity index is 1010. The molecule has 1 saturated heterocycles. The SMILES string of the molecule is CCN1CCC2=NNC(c3cc(OC)c(OCc4cccc(C)c4)c([N+](=O)[O-])c3)C2C1. The maximum atomic E-state index is 11.9. The minimum absolute atomic E-state index is 0.0968. The van der Waals surface area contributed by atoms with Gasteiger partial charge in [-0.25, -0.2) is 0 Å². The lowest BCUT2D eigenvalue weighted by Gasteiger charge is -2.32. The Morgan fingerprint density at radius 3 is 2.87 bits per heavy atom. The molecule has 2 aliphatic heterocycles. The summed E-state index contributed by atoms with van der Waals surface area (Å²) in [6, 6.07) is 11.2. The number of rotatable bonds is 7. The second kappa shape index (κ2) is 8.93. The largest absolute Gasteiger partial charge is 0.493 e. The van der Waals surface area contributed by atoms with E-state index in [1.54, 1.807) is 6.07 Å². The molecular weight excluding hydrogens is 396 g/mol. The number of nitro benzene ring substituents is 1. The van der Waals surface area contributed by atoms with Gasteiger partial charge in [-0.3, -0.25) is 10.1 Å². The van der Waals surface area contributed by atoms with E-state index in [4.69, 9.17) is 9.47 Å². The molecule has 31 heavy (non-hydrogen) atoms. The van der Waals surface area contributed by atoms with Crippen LogP contribution in [0.1, 0.15) is 36.1 Å². The van der Waals surface area contributed by atoms with E-state index in [-0.39, 0.29) is 30.0 Å². The van der Waals surface area contributed by atoms with E-state index in [2.05, 4.69) is 22.4 Å². The monoisotopic (exact) mass is 424 g/mol. The van der Waals surface area contributed by atoms with Crippen molar-refractivity contribution in [2.24, 2.45) is 11.0 Å². The Balaban J connectivity index is 1.63. The summed E-state index contributed by atoms with van der Waals surface area (Å²) in [6.45, 7) is 7.22. The lowest BCUT2D eigenvalue weighted by Crippen LogP contribution is -2.41. The number of ether oxygens (including phenoxy) is 2. The van der Waals surface area contributed by atoms with Crippen LogP contribution in [0.5, 0.6) is 11.5 Å². The summed E-state index contributed by atoms with van der Waals surface area (Å²) in [4.78, 5) is 13.9. The Hall–Kier alpha value is -3.13. The fourth-order valence-corrected chi connectivity index (χ4v) is 4.38. The number of aryl methyl sites for hydroxylation is 1. The number of hydrazone groups is 1. The summed E-state index contributed by atoms with van der Waals surface area (Å²) in [7, 11) is 1.51. The third-order valence-corrected chi connectivity index (χ3v) is 6.06. The van der Waals surface area contributed by atoms with Gasteiger partial charge in [0.1, 0.15) is 6.61 Å². The van der Waals surface area contributed by atoms with Gasteiger partial charge in [0.15, 0.2) is 5.75 Å². The van der Waals surface area contributed by atoms with Crippen molar-refractivity contribution in [3.8, 4) is 11.5 Å². The van der Waals surface area contributed by atoms with E-state index in [1.807, 2.05) is 37.3 Å². The smallest absolute Gasteiger partial charge is 0.315 e. The van der Waals surface area contributed by atoms with E-state index < -0.39 is 4.92 Å². The van der Waals surface area contributed by atoms with Crippen LogP contribution in [0.15, 0.2) is 41.5 Å². The third kappa shape index (κ3) is 4.34. The van der Waals surface area contributed by atoms with Crippen molar-refractivity contribution < 1.29 is 14.4 Å². The summed E-state index contributed by atoms with van der Waals surface area (Å²) in [5, 5.41) is 16.4. The molecule has 8 nitrogen and oxygen atoms in total. The van der Waals surface area contributed by atoms with Gasteiger partial charge >= 0.3 is 5.69 Å². The number of nitrogens with one attached hydrogen (secondary N) is 1. The number of nitro groups is 1. The molecule has 0 bridgehead atoms. The molecule has 2 unspecified atom stereocenters. The first-order valence-electron chi connectivity index (χ1n) is 10.6. The van der Waals surface area contributed by atoms with Crippen LogP contribution >= 0.6 is 0 Å². The van der Waals surface area contributed by atoms with Gasteiger partial charge in [0.2, 0.25) is 5.75 Å². The standard InChI is InChI=1S/C23H28N4O4/c1-4-26-9-8-19-18(13-26)22(25-24-19)17-11-20(27(28)29)23(21(12-17)30-3)31-14-16-7-5-6-15(2)10-16/h5-7,10-12,18,22,25H,4,8-9,13-14H2,1-3H3. The molecule has 2 aromatic carbocycles. The summed E-state index contributed by atoms with van der Waals surface area (Å²) in [5.41, 5.74) is 7.08. The topological polar surface area (TPSA) is 89.2 Å². The fourth-order valence-electron chi connectivity index (χ4n) is 4.38. The van der Waals surface area contributed by atoms with Gasteiger partial charge in [-0.15, -0.1) is 0 Å². The Morgan fingerprint density at radius 2 is 2.16 bits per heavy atom. The molecule has 0 aromatic heterocycles. The zero-order chi connectivity index (χ0) is 22.0. The molecule has 164 valence electrons. The molecule has 0 amide bonds. The minimum Gasteiger partial charge on any atom is -0.493 e. The van der Waals surface area contributed by atoms with Crippen LogP contribution in [0.25, 0.3) is 0 Å². The second-order valence-electron chi connectivity index (χ2n) is 8.07. The van der Waals surface area contributed by atoms with Gasteiger partial charge in [0.25, 0.3) is 0 Å². The first-order chi connectivity index (χ1) is 15.0. The molecular formula is C23H28N4O4. The van der Waals surface area contributed by atoms with Crippen molar-refractivity contribution in [3.63, 3.8) is 0 Å². The zero-order valence-corrected chi connectivity index (χ0v) is 18.1. The number of hydrogen-bond donors (Lipinski definition) is 1. The number of fused-ring (bicyclic) bond motifs is 1. The van der Waals surface area contributed by atoms with Crippen molar-refractivity contribution >= 4 is 11.4 Å². The highest BCUT2D eigenvalue weighted by Crippen LogP contribution is 2.43. The van der Waals surface area contributed by atoms with E-state index in [0.717, 1.165) is 48.5 Å². The predicted molar refractivity (Wildman–Crippen MR) is 119 cm³/mol. The predicted octanol–water partition coefficient (Wildman–Crippen LogP) is 3.83. The Labute approximate surface area is 182 Å². The molecule has 8 heteroatoms. The van der Waals surface area contributed by atoms with Crippen LogP contribution in [0.4, 0.5) is 5.69 Å². The number of methoxy groups -OCH3 is 1.